The summed E-state index contributed by atoms with van der Waals surface area (Å²) in [6.07, 6.45) is 7.80. The first-order chi connectivity index (χ1) is 15.8. The molecule has 6 nitrogen and oxygen atoms in total. The molecule has 7 heteroatoms. The van der Waals surface area contributed by atoms with Crippen molar-refractivity contribution in [2.75, 3.05) is 29.5 Å². The SMILES string of the molecule is CC(C)(C)OC(=O)N[C@@H](CSCC1CCCCC1)C(=O)NC1CCN(c2ccccc2)CC1. The molecule has 2 N–H and O–H groups in total. The van der Waals surface area contributed by atoms with Crippen molar-refractivity contribution in [2.24, 2.45) is 5.92 Å². The predicted octanol–water partition coefficient (Wildman–Crippen LogP) is 4.98. The number of hydrogen-bond donors (Lipinski definition) is 2. The summed E-state index contributed by atoms with van der Waals surface area (Å²) in [6.45, 7) is 7.32. The third-order valence-electron chi connectivity index (χ3n) is 6.33. The number of hydrogen-bond acceptors (Lipinski definition) is 5. The number of nitrogens with zero attached hydrogens (tertiary/aromatic N) is 1. The summed E-state index contributed by atoms with van der Waals surface area (Å²) >= 11 is 1.78. The van der Waals surface area contributed by atoms with Crippen LogP contribution in [0.1, 0.15) is 65.7 Å². The van der Waals surface area contributed by atoms with Gasteiger partial charge in [0.2, 0.25) is 5.91 Å². The fraction of sp³-hybridized carbons (Fsp3) is 0.692. The maximum atomic E-state index is 13.1. The van der Waals surface area contributed by atoms with Gasteiger partial charge in [0.05, 0.1) is 0 Å². The van der Waals surface area contributed by atoms with E-state index in [2.05, 4.69) is 39.8 Å². The molecule has 3 rings (SSSR count). The van der Waals surface area contributed by atoms with Crippen LogP contribution in [0, 0.1) is 5.92 Å². The van der Waals surface area contributed by atoms with Crippen molar-refractivity contribution in [1.29, 1.82) is 0 Å². The van der Waals surface area contributed by atoms with Crippen LogP contribution in [0.4, 0.5) is 10.5 Å². The second-order valence-electron chi connectivity index (χ2n) is 10.3. The van der Waals surface area contributed by atoms with E-state index < -0.39 is 17.7 Å². The van der Waals surface area contributed by atoms with Crippen molar-refractivity contribution >= 4 is 29.4 Å². The van der Waals surface area contributed by atoms with E-state index >= 15 is 0 Å². The Bertz CT molecular complexity index is 739. The second-order valence-corrected chi connectivity index (χ2v) is 11.4. The van der Waals surface area contributed by atoms with Crippen LogP contribution in [0.15, 0.2) is 30.3 Å². The molecule has 2 fully saturated rings. The van der Waals surface area contributed by atoms with Crippen LogP contribution in [0.3, 0.4) is 0 Å². The molecule has 1 saturated heterocycles. The van der Waals surface area contributed by atoms with Gasteiger partial charge in [-0.15, -0.1) is 0 Å². The molecule has 1 saturated carbocycles. The highest BCUT2D eigenvalue weighted by atomic mass is 32.2. The Morgan fingerprint density at radius 3 is 2.36 bits per heavy atom. The summed E-state index contributed by atoms with van der Waals surface area (Å²) < 4.78 is 5.42. The zero-order valence-electron chi connectivity index (χ0n) is 20.5. The van der Waals surface area contributed by atoms with Crippen LogP contribution >= 0.6 is 11.8 Å². The van der Waals surface area contributed by atoms with E-state index in [0.29, 0.717) is 5.75 Å². The predicted molar refractivity (Wildman–Crippen MR) is 137 cm³/mol. The van der Waals surface area contributed by atoms with E-state index in [-0.39, 0.29) is 11.9 Å². The molecule has 0 radical (unpaired) electrons. The minimum absolute atomic E-state index is 0.102. The van der Waals surface area contributed by atoms with Gasteiger partial charge in [0, 0.05) is 30.6 Å². The third kappa shape index (κ3) is 9.11. The number of carbonyl (C=O) groups is 2. The largest absolute Gasteiger partial charge is 0.444 e. The van der Waals surface area contributed by atoms with Crippen molar-refractivity contribution < 1.29 is 14.3 Å². The highest BCUT2D eigenvalue weighted by molar-refractivity contribution is 7.99. The van der Waals surface area contributed by atoms with Gasteiger partial charge in [0.15, 0.2) is 0 Å². The standard InChI is InChI=1S/C26H41N3O3S/c1-26(2,3)32-25(31)28-23(19-33-18-20-10-6-4-7-11-20)24(30)27-21-14-16-29(17-15-21)22-12-8-5-9-13-22/h5,8-9,12-13,20-21,23H,4,6-7,10-11,14-19H2,1-3H3,(H,27,30)(H,28,31)/t23-/m0/s1. The summed E-state index contributed by atoms with van der Waals surface area (Å²) in [5, 5.41) is 6.03. The molecule has 1 aliphatic heterocycles. The monoisotopic (exact) mass is 475 g/mol. The van der Waals surface area contributed by atoms with E-state index in [0.717, 1.165) is 37.6 Å². The molecule has 1 aromatic carbocycles. The zero-order chi connectivity index (χ0) is 23.7. The summed E-state index contributed by atoms with van der Waals surface area (Å²) in [7, 11) is 0. The summed E-state index contributed by atoms with van der Waals surface area (Å²) in [4.78, 5) is 27.9. The fourth-order valence-corrected chi connectivity index (χ4v) is 5.83. The van der Waals surface area contributed by atoms with Crippen molar-refractivity contribution in [3.63, 3.8) is 0 Å². The number of benzene rings is 1. The number of piperidine rings is 1. The minimum Gasteiger partial charge on any atom is -0.444 e. The molecule has 0 unspecified atom stereocenters. The molecule has 0 spiro atoms. The third-order valence-corrected chi connectivity index (χ3v) is 7.61. The van der Waals surface area contributed by atoms with Crippen LogP contribution in [0.25, 0.3) is 0 Å². The number of ether oxygens (including phenoxy) is 1. The Labute approximate surface area is 203 Å². The lowest BCUT2D eigenvalue weighted by Gasteiger charge is -2.34. The van der Waals surface area contributed by atoms with Crippen LogP contribution in [-0.4, -0.2) is 54.3 Å². The zero-order valence-corrected chi connectivity index (χ0v) is 21.3. The molecule has 184 valence electrons. The van der Waals surface area contributed by atoms with Crippen molar-refractivity contribution in [3.8, 4) is 0 Å². The molecule has 1 aliphatic carbocycles. The normalized spacial score (nSPS) is 19.1. The van der Waals surface area contributed by atoms with Gasteiger partial charge in [-0.2, -0.15) is 11.8 Å². The Morgan fingerprint density at radius 1 is 1.06 bits per heavy atom. The first-order valence-electron chi connectivity index (χ1n) is 12.5. The maximum Gasteiger partial charge on any atom is 0.408 e. The lowest BCUT2D eigenvalue weighted by Crippen LogP contribution is -2.53. The topological polar surface area (TPSA) is 70.7 Å². The van der Waals surface area contributed by atoms with Crippen LogP contribution in [0.5, 0.6) is 0 Å². The van der Waals surface area contributed by atoms with Gasteiger partial charge in [-0.1, -0.05) is 37.5 Å². The van der Waals surface area contributed by atoms with Crippen molar-refractivity contribution in [2.45, 2.75) is 83.4 Å². The van der Waals surface area contributed by atoms with Crippen LogP contribution in [0.2, 0.25) is 0 Å². The van der Waals surface area contributed by atoms with E-state index in [1.54, 1.807) is 11.8 Å². The molecule has 1 aromatic rings. The molecule has 2 aliphatic rings. The van der Waals surface area contributed by atoms with Gasteiger partial charge >= 0.3 is 6.09 Å². The number of alkyl carbamates (subject to hydrolysis) is 1. The first-order valence-corrected chi connectivity index (χ1v) is 13.6. The second kappa shape index (κ2) is 12.5. The van der Waals surface area contributed by atoms with Gasteiger partial charge < -0.3 is 20.3 Å². The van der Waals surface area contributed by atoms with Gasteiger partial charge in [-0.25, -0.2) is 4.79 Å². The lowest BCUT2D eigenvalue weighted by molar-refractivity contribution is -0.123. The van der Waals surface area contributed by atoms with Gasteiger partial charge in [0.25, 0.3) is 0 Å². The van der Waals surface area contributed by atoms with Crippen molar-refractivity contribution in [1.82, 2.24) is 10.6 Å². The Morgan fingerprint density at radius 2 is 1.73 bits per heavy atom. The average molecular weight is 476 g/mol. The molecule has 1 atom stereocenters. The molecular weight excluding hydrogens is 434 g/mol. The number of para-hydroxylation sites is 1. The highest BCUT2D eigenvalue weighted by Crippen LogP contribution is 2.27. The molecule has 0 bridgehead atoms. The number of rotatable bonds is 8. The van der Waals surface area contributed by atoms with Crippen LogP contribution in [-0.2, 0) is 9.53 Å². The summed E-state index contributed by atoms with van der Waals surface area (Å²) in [5.74, 6) is 2.26. The van der Waals surface area contributed by atoms with Gasteiger partial charge in [-0.3, -0.25) is 4.79 Å². The summed E-state index contributed by atoms with van der Waals surface area (Å²) in [5.41, 5.74) is 0.635. The molecule has 2 amide bonds. The van der Waals surface area contributed by atoms with E-state index in [4.69, 9.17) is 4.74 Å². The minimum atomic E-state index is -0.593. The van der Waals surface area contributed by atoms with Crippen molar-refractivity contribution in [3.05, 3.63) is 30.3 Å². The van der Waals surface area contributed by atoms with E-state index in [1.807, 2.05) is 26.8 Å². The van der Waals surface area contributed by atoms with E-state index in [1.165, 1.54) is 37.8 Å². The number of anilines is 1. The fourth-order valence-electron chi connectivity index (χ4n) is 4.56. The molecule has 1 heterocycles. The van der Waals surface area contributed by atoms with Gasteiger partial charge in [-0.05, 0) is 70.3 Å². The Kier molecular flexibility index (Phi) is 9.78. The lowest BCUT2D eigenvalue weighted by atomic mass is 9.91. The van der Waals surface area contributed by atoms with Gasteiger partial charge in [0.1, 0.15) is 11.6 Å². The number of thioether (sulfide) groups is 1. The average Bonchev–Trinajstić information content (AvgIpc) is 2.79. The van der Waals surface area contributed by atoms with Crippen LogP contribution < -0.4 is 15.5 Å². The summed E-state index contributed by atoms with van der Waals surface area (Å²) in [6, 6.07) is 9.94. The first kappa shape index (κ1) is 25.7. The Hall–Kier alpha value is -1.89. The number of amides is 2. The molecule has 0 aromatic heterocycles. The maximum absolute atomic E-state index is 13.1. The quantitative estimate of drug-likeness (QED) is 0.555. The Balaban J connectivity index is 1.50. The molecule has 33 heavy (non-hydrogen) atoms. The number of nitrogens with one attached hydrogen (secondary N) is 2. The number of carbonyl (C=O) groups excluding carboxylic acids is 2. The van der Waals surface area contributed by atoms with E-state index in [9.17, 15) is 9.59 Å². The smallest absolute Gasteiger partial charge is 0.408 e. The highest BCUT2D eigenvalue weighted by Gasteiger charge is 2.28. The molecular formula is C26H41N3O3S.